The van der Waals surface area contributed by atoms with Gasteiger partial charge in [0.25, 0.3) is 0 Å². The van der Waals surface area contributed by atoms with Crippen molar-refractivity contribution in [3.63, 3.8) is 0 Å². The van der Waals surface area contributed by atoms with Gasteiger partial charge in [-0.05, 0) is 6.07 Å². The van der Waals surface area contributed by atoms with Gasteiger partial charge in [-0.2, -0.15) is 4.98 Å². The summed E-state index contributed by atoms with van der Waals surface area (Å²) >= 11 is 0. The van der Waals surface area contributed by atoms with Crippen molar-refractivity contribution >= 4 is 66.0 Å². The van der Waals surface area contributed by atoms with E-state index in [0.717, 1.165) is 10.3 Å². The van der Waals surface area contributed by atoms with Crippen molar-refractivity contribution in [3.8, 4) is 0 Å². The number of carbonyl (C=O) groups is 1. The van der Waals surface area contributed by atoms with Crippen molar-refractivity contribution in [1.82, 2.24) is 34.4 Å². The topological polar surface area (TPSA) is 330 Å². The zero-order valence-corrected chi connectivity index (χ0v) is 33.1. The molecule has 2 fully saturated rings. The second kappa shape index (κ2) is 18.2. The highest BCUT2D eigenvalue weighted by molar-refractivity contribution is 8.77. The highest BCUT2D eigenvalue weighted by Crippen LogP contribution is 2.50. The first-order valence-corrected chi connectivity index (χ1v) is 22.0. The number of carbonyl (C=O) groups excluding carboxylic acids is 1. The standard InChI is InChI=1S/C28H43N9O14P2S2/c1-28(2,3)55-54-9-7-31-6-4-20(38)50-23-17(49-26(22(23)39)37-14-34-21-24(30)32-13-33-25(21)37)12-47-53(44,45)51-15-10-19(36-8-5-18(29)35-27(36)40)48-16(15)11-46-52(41,42)43/h5,8,13-17,19,22-23,26,31,39H,4,6-7,9-12H2,1-3H3,(H,44,45)(H2,29,35,40)(H2,30,32,33)(H2,41,42,43)/t15-,16+,17?,19+,22?,23?,26?/m0/s1. The summed E-state index contributed by atoms with van der Waals surface area (Å²) in [6.45, 7) is 5.65. The molecule has 2 saturated heterocycles. The predicted octanol–water partition coefficient (Wildman–Crippen LogP) is 0.476. The van der Waals surface area contributed by atoms with Gasteiger partial charge in [-0.15, -0.1) is 0 Å². The lowest BCUT2D eigenvalue weighted by Gasteiger charge is -2.24. The van der Waals surface area contributed by atoms with Crippen LogP contribution in [0.5, 0.6) is 0 Å². The van der Waals surface area contributed by atoms with Gasteiger partial charge in [-0.1, -0.05) is 42.4 Å². The molecule has 8 atom stereocenters. The quantitative estimate of drug-likeness (QED) is 0.0396. The van der Waals surface area contributed by atoms with Gasteiger partial charge < -0.3 is 50.8 Å². The summed E-state index contributed by atoms with van der Waals surface area (Å²) in [4.78, 5) is 70.5. The van der Waals surface area contributed by atoms with Crippen LogP contribution in [0.25, 0.3) is 11.2 Å². The number of fused-ring (bicyclic) bond motifs is 1. The van der Waals surface area contributed by atoms with E-state index in [2.05, 4.69) is 50.5 Å². The number of nitrogens with one attached hydrogen (secondary N) is 1. The third-order valence-electron chi connectivity index (χ3n) is 7.83. The van der Waals surface area contributed by atoms with Crippen molar-refractivity contribution < 1.29 is 61.5 Å². The summed E-state index contributed by atoms with van der Waals surface area (Å²) in [6, 6.07) is 1.30. The monoisotopic (exact) mass is 855 g/mol. The van der Waals surface area contributed by atoms with Crippen LogP contribution in [0.15, 0.2) is 29.7 Å². The molecule has 23 nitrogen and oxygen atoms in total. The average Bonchev–Trinajstić information content (AvgIpc) is 3.77. The highest BCUT2D eigenvalue weighted by Gasteiger charge is 2.49. The smallest absolute Gasteiger partial charge is 0.456 e. The number of aliphatic hydroxyl groups is 1. The number of phosphoric acid groups is 2. The SMILES string of the molecule is CC(C)(C)SSCCNCCC(=O)OC1C(COP(=O)(O)O[C@H]2C[C@H](n3ccc(N)nc3=O)O[C@@H]2COP(=O)(O)O)OC(n2cnc3c(N)ncnc32)C1O. The Kier molecular flexibility index (Phi) is 14.4. The Labute approximate surface area is 321 Å². The molecule has 0 spiro atoms. The molecule has 3 aromatic rings. The fourth-order valence-corrected chi connectivity index (χ4v) is 8.99. The predicted molar refractivity (Wildman–Crippen MR) is 197 cm³/mol. The largest absolute Gasteiger partial charge is 0.472 e. The van der Waals surface area contributed by atoms with Crippen LogP contribution in [0.2, 0.25) is 0 Å². The number of nitrogens with two attached hydrogens (primary N) is 2. The molecule has 0 saturated carbocycles. The van der Waals surface area contributed by atoms with Crippen molar-refractivity contribution in [1.29, 1.82) is 0 Å². The average molecular weight is 856 g/mol. The number of aromatic nitrogens is 6. The molecule has 2 aliphatic heterocycles. The summed E-state index contributed by atoms with van der Waals surface area (Å²) < 4.78 is 59.7. The Bertz CT molecular complexity index is 1950. The van der Waals surface area contributed by atoms with Gasteiger partial charge in [-0.3, -0.25) is 27.5 Å². The molecule has 5 heterocycles. The Morgan fingerprint density at radius 2 is 1.82 bits per heavy atom. The molecule has 3 aromatic heterocycles. The molecule has 5 unspecified atom stereocenters. The Morgan fingerprint density at radius 3 is 2.53 bits per heavy atom. The van der Waals surface area contributed by atoms with Crippen molar-refractivity contribution in [3.05, 3.63) is 35.4 Å². The maximum atomic E-state index is 13.3. The van der Waals surface area contributed by atoms with E-state index < -0.39 is 83.5 Å². The minimum absolute atomic E-state index is 0.0560. The van der Waals surface area contributed by atoms with Crippen LogP contribution in [0, 0.1) is 0 Å². The normalized spacial score (nSPS) is 25.7. The van der Waals surface area contributed by atoms with Gasteiger partial charge in [0, 0.05) is 36.2 Å². The van der Waals surface area contributed by atoms with Gasteiger partial charge in [0.05, 0.1) is 26.0 Å². The van der Waals surface area contributed by atoms with Crippen LogP contribution in [-0.4, -0.2) is 122 Å². The van der Waals surface area contributed by atoms with Crippen LogP contribution in [0.1, 0.15) is 46.1 Å². The second-order valence-corrected chi connectivity index (χ2v) is 19.1. The minimum Gasteiger partial charge on any atom is -0.456 e. The molecule has 0 radical (unpaired) electrons. The lowest BCUT2D eigenvalue weighted by molar-refractivity contribution is -0.156. The Balaban J connectivity index is 1.27. The third kappa shape index (κ3) is 12.1. The summed E-state index contributed by atoms with van der Waals surface area (Å²) in [6.07, 6.45) is -6.28. The molecule has 9 N–H and O–H groups in total. The molecular formula is C28H43N9O14P2S2. The molecule has 0 amide bonds. The van der Waals surface area contributed by atoms with Crippen molar-refractivity contribution in [2.45, 2.75) is 81.3 Å². The van der Waals surface area contributed by atoms with E-state index >= 15 is 0 Å². The molecule has 0 bridgehead atoms. The van der Waals surface area contributed by atoms with E-state index in [1.165, 1.54) is 29.5 Å². The molecule has 5 rings (SSSR count). The third-order valence-corrected chi connectivity index (χ3v) is 12.7. The number of phosphoric ester groups is 2. The fourth-order valence-electron chi connectivity index (χ4n) is 5.46. The van der Waals surface area contributed by atoms with Crippen LogP contribution in [0.4, 0.5) is 11.6 Å². The van der Waals surface area contributed by atoms with E-state index in [0.29, 0.717) is 6.54 Å². The molecule has 27 heteroatoms. The first kappa shape index (κ1) is 43.4. The zero-order valence-electron chi connectivity index (χ0n) is 29.7. The summed E-state index contributed by atoms with van der Waals surface area (Å²) in [5.74, 6) is 0.0667. The molecule has 306 valence electrons. The van der Waals surface area contributed by atoms with E-state index in [-0.39, 0.29) is 46.9 Å². The summed E-state index contributed by atoms with van der Waals surface area (Å²) in [5.41, 5.74) is 11.0. The zero-order chi connectivity index (χ0) is 40.1. The van der Waals surface area contributed by atoms with Crippen molar-refractivity contribution in [2.75, 3.05) is 43.5 Å². The number of rotatable bonds is 18. The highest BCUT2D eigenvalue weighted by atomic mass is 33.1. The number of hydrogen-bond acceptors (Lipinski definition) is 20. The van der Waals surface area contributed by atoms with E-state index in [1.54, 1.807) is 21.6 Å². The van der Waals surface area contributed by atoms with Crippen LogP contribution < -0.4 is 22.5 Å². The number of imidazole rings is 1. The summed E-state index contributed by atoms with van der Waals surface area (Å²) in [5, 5.41) is 14.6. The van der Waals surface area contributed by atoms with Gasteiger partial charge >= 0.3 is 27.3 Å². The second-order valence-electron chi connectivity index (χ2n) is 13.2. The number of aliphatic hydroxyl groups excluding tert-OH is 1. The maximum Gasteiger partial charge on any atom is 0.472 e. The minimum atomic E-state index is -5.11. The Hall–Kier alpha value is -2.74. The van der Waals surface area contributed by atoms with Crippen LogP contribution in [0.3, 0.4) is 0 Å². The van der Waals surface area contributed by atoms with Gasteiger partial charge in [-0.25, -0.2) is 28.9 Å². The van der Waals surface area contributed by atoms with Gasteiger partial charge in [0.1, 0.15) is 48.3 Å². The molecular weight excluding hydrogens is 812 g/mol. The molecule has 2 aliphatic rings. The van der Waals surface area contributed by atoms with E-state index in [9.17, 15) is 38.5 Å². The number of anilines is 2. The molecule has 0 aliphatic carbocycles. The van der Waals surface area contributed by atoms with Gasteiger partial charge in [0.2, 0.25) is 0 Å². The Morgan fingerprint density at radius 1 is 1.07 bits per heavy atom. The maximum absolute atomic E-state index is 13.3. The van der Waals surface area contributed by atoms with E-state index in [1.807, 2.05) is 0 Å². The van der Waals surface area contributed by atoms with Crippen LogP contribution >= 0.6 is 37.2 Å². The number of nitrogens with zero attached hydrogens (tertiary/aromatic N) is 6. The fraction of sp³-hybridized carbons (Fsp3) is 0.643. The lowest BCUT2D eigenvalue weighted by Crippen LogP contribution is -2.39. The number of ether oxygens (including phenoxy) is 3. The molecule has 55 heavy (non-hydrogen) atoms. The molecule has 0 aromatic carbocycles. The first-order valence-electron chi connectivity index (χ1n) is 16.6. The number of esters is 1. The first-order chi connectivity index (χ1) is 25.8. The van der Waals surface area contributed by atoms with Crippen molar-refractivity contribution in [2.24, 2.45) is 0 Å². The van der Waals surface area contributed by atoms with E-state index in [4.69, 9.17) is 34.7 Å². The van der Waals surface area contributed by atoms with Gasteiger partial charge in [0.15, 0.2) is 23.8 Å². The number of nitrogen functional groups attached to an aromatic ring is 2. The lowest BCUT2D eigenvalue weighted by atomic mass is 10.1. The number of hydrogen-bond donors (Lipinski definition) is 7. The van der Waals surface area contributed by atoms with Crippen LogP contribution in [-0.2, 0) is 41.7 Å². The summed E-state index contributed by atoms with van der Waals surface area (Å²) in [7, 11) is -6.69.